The Morgan fingerprint density at radius 2 is 1.95 bits per heavy atom. The molecule has 0 aliphatic carbocycles. The van der Waals surface area contributed by atoms with E-state index in [2.05, 4.69) is 29.6 Å². The number of aryl methyl sites for hydroxylation is 1. The van der Waals surface area contributed by atoms with Gasteiger partial charge in [0.1, 0.15) is 0 Å². The first kappa shape index (κ1) is 13.9. The van der Waals surface area contributed by atoms with E-state index in [9.17, 15) is 4.79 Å². The highest BCUT2D eigenvalue weighted by atomic mass is 16.5. The third kappa shape index (κ3) is 4.24. The molecule has 104 valence electrons. The molecule has 4 heteroatoms. The third-order valence-corrected chi connectivity index (χ3v) is 3.97. The summed E-state index contributed by atoms with van der Waals surface area (Å²) >= 11 is 0. The molecule has 1 fully saturated rings. The monoisotopic (exact) mass is 262 g/mol. The van der Waals surface area contributed by atoms with Gasteiger partial charge in [0.25, 0.3) is 0 Å². The van der Waals surface area contributed by atoms with Crippen molar-refractivity contribution in [3.05, 3.63) is 35.9 Å². The zero-order chi connectivity index (χ0) is 13.6. The highest BCUT2D eigenvalue weighted by molar-refractivity contribution is 5.64. The van der Waals surface area contributed by atoms with Gasteiger partial charge in [-0.15, -0.1) is 0 Å². The molecule has 1 heterocycles. The van der Waals surface area contributed by atoms with Crippen LogP contribution in [-0.4, -0.2) is 25.8 Å². The summed E-state index contributed by atoms with van der Waals surface area (Å²) in [6.45, 7) is 2.41. The highest BCUT2D eigenvalue weighted by Gasteiger charge is 2.33. The fraction of sp³-hybridized carbons (Fsp3) is 0.533. The Bertz CT molecular complexity index is 400. The van der Waals surface area contributed by atoms with Crippen LogP contribution in [0.2, 0.25) is 0 Å². The van der Waals surface area contributed by atoms with Gasteiger partial charge in [-0.2, -0.15) is 0 Å². The molecule has 0 unspecified atom stereocenters. The number of benzene rings is 1. The van der Waals surface area contributed by atoms with Crippen LogP contribution in [0.4, 0.5) is 4.79 Å². The Labute approximate surface area is 114 Å². The van der Waals surface area contributed by atoms with E-state index in [1.165, 1.54) is 5.56 Å². The topological polar surface area (TPSA) is 64.4 Å². The van der Waals surface area contributed by atoms with Gasteiger partial charge in [-0.1, -0.05) is 30.3 Å². The summed E-state index contributed by atoms with van der Waals surface area (Å²) in [4.78, 5) is 10.8. The third-order valence-electron chi connectivity index (χ3n) is 3.97. The lowest BCUT2D eigenvalue weighted by atomic mass is 9.75. The van der Waals surface area contributed by atoms with Gasteiger partial charge >= 0.3 is 6.09 Å². The first-order valence-corrected chi connectivity index (χ1v) is 6.87. The van der Waals surface area contributed by atoms with Crippen molar-refractivity contribution in [3.8, 4) is 0 Å². The molecule has 0 spiro atoms. The van der Waals surface area contributed by atoms with Crippen LogP contribution in [0.3, 0.4) is 0 Å². The second kappa shape index (κ2) is 6.57. The van der Waals surface area contributed by atoms with Crippen molar-refractivity contribution >= 4 is 6.09 Å². The number of nitrogens with one attached hydrogen (secondary N) is 1. The lowest BCUT2D eigenvalue weighted by molar-refractivity contribution is 0.0589. The summed E-state index contributed by atoms with van der Waals surface area (Å²) in [6, 6.07) is 10.4. The summed E-state index contributed by atoms with van der Waals surface area (Å²) in [7, 11) is 0. The molecular weight excluding hydrogens is 240 g/mol. The van der Waals surface area contributed by atoms with Crippen molar-refractivity contribution in [3.63, 3.8) is 0 Å². The first-order valence-electron chi connectivity index (χ1n) is 6.87. The smallest absolute Gasteiger partial charge is 0.404 e. The van der Waals surface area contributed by atoms with E-state index in [4.69, 9.17) is 10.5 Å². The van der Waals surface area contributed by atoms with Crippen LogP contribution >= 0.6 is 0 Å². The molecule has 0 radical (unpaired) electrons. The number of hydrogen-bond donors (Lipinski definition) is 2. The predicted octanol–water partition coefficient (Wildman–Crippen LogP) is 2.08. The molecule has 0 saturated carbocycles. The maximum Gasteiger partial charge on any atom is 0.404 e. The fourth-order valence-corrected chi connectivity index (χ4v) is 2.70. The molecule has 3 N–H and O–H groups in total. The molecule has 0 bridgehead atoms. The molecule has 1 saturated heterocycles. The van der Waals surface area contributed by atoms with E-state index in [1.807, 2.05) is 6.07 Å². The Balaban J connectivity index is 1.95. The van der Waals surface area contributed by atoms with E-state index in [1.54, 1.807) is 0 Å². The molecule has 19 heavy (non-hydrogen) atoms. The summed E-state index contributed by atoms with van der Waals surface area (Å²) in [6.07, 6.45) is 3.45. The summed E-state index contributed by atoms with van der Waals surface area (Å²) < 4.78 is 5.08. The molecule has 0 atom stereocenters. The summed E-state index contributed by atoms with van der Waals surface area (Å²) in [5.41, 5.74) is 6.51. The minimum atomic E-state index is -0.669. The number of piperidine rings is 1. The molecular formula is C15H22N2O2. The van der Waals surface area contributed by atoms with Crippen LogP contribution < -0.4 is 11.1 Å². The second-order valence-electron chi connectivity index (χ2n) is 5.34. The average Bonchev–Trinajstić information content (AvgIpc) is 2.45. The molecule has 0 aromatic heterocycles. The van der Waals surface area contributed by atoms with Crippen molar-refractivity contribution in [2.45, 2.75) is 25.7 Å². The standard InChI is InChI=1S/C15H22N2O2/c16-14(18)19-12-15(8-10-17-11-9-15)7-6-13-4-2-1-3-5-13/h1-5,17H,6-12H2,(H2,16,18). The lowest BCUT2D eigenvalue weighted by Gasteiger charge is -2.37. The Kier molecular flexibility index (Phi) is 4.80. The maximum atomic E-state index is 10.8. The zero-order valence-corrected chi connectivity index (χ0v) is 11.2. The normalized spacial score (nSPS) is 17.9. The van der Waals surface area contributed by atoms with E-state index >= 15 is 0 Å². The number of carbonyl (C=O) groups is 1. The summed E-state index contributed by atoms with van der Waals surface area (Å²) in [5.74, 6) is 0. The number of ether oxygens (including phenoxy) is 1. The van der Waals surface area contributed by atoms with Crippen LogP contribution in [0.5, 0.6) is 0 Å². The number of carbonyl (C=O) groups excluding carboxylic acids is 1. The SMILES string of the molecule is NC(=O)OCC1(CCc2ccccc2)CCNCC1. The molecule has 1 aliphatic heterocycles. The fourth-order valence-electron chi connectivity index (χ4n) is 2.70. The van der Waals surface area contributed by atoms with Crippen molar-refractivity contribution < 1.29 is 9.53 Å². The molecule has 1 aromatic carbocycles. The zero-order valence-electron chi connectivity index (χ0n) is 11.2. The molecule has 1 aromatic rings. The van der Waals surface area contributed by atoms with Gasteiger partial charge in [0.15, 0.2) is 0 Å². The van der Waals surface area contributed by atoms with Gasteiger partial charge in [0.05, 0.1) is 6.61 Å². The van der Waals surface area contributed by atoms with Crippen molar-refractivity contribution in [1.29, 1.82) is 0 Å². The van der Waals surface area contributed by atoms with Gasteiger partial charge in [0.2, 0.25) is 0 Å². The number of amides is 1. The highest BCUT2D eigenvalue weighted by Crippen LogP contribution is 2.34. The number of rotatable bonds is 5. The van der Waals surface area contributed by atoms with E-state index in [0.717, 1.165) is 38.8 Å². The van der Waals surface area contributed by atoms with Crippen molar-refractivity contribution in [2.75, 3.05) is 19.7 Å². The Morgan fingerprint density at radius 1 is 1.26 bits per heavy atom. The minimum absolute atomic E-state index is 0.0795. The average molecular weight is 262 g/mol. The lowest BCUT2D eigenvalue weighted by Crippen LogP contribution is -2.41. The van der Waals surface area contributed by atoms with E-state index < -0.39 is 6.09 Å². The van der Waals surface area contributed by atoms with Crippen LogP contribution in [0.15, 0.2) is 30.3 Å². The molecule has 1 amide bonds. The van der Waals surface area contributed by atoms with Crippen molar-refractivity contribution in [1.82, 2.24) is 5.32 Å². The maximum absolute atomic E-state index is 10.8. The largest absolute Gasteiger partial charge is 0.449 e. The Hall–Kier alpha value is -1.55. The van der Waals surface area contributed by atoms with E-state index in [0.29, 0.717) is 6.61 Å². The minimum Gasteiger partial charge on any atom is -0.449 e. The van der Waals surface area contributed by atoms with Gasteiger partial charge < -0.3 is 15.8 Å². The Morgan fingerprint density at radius 3 is 2.58 bits per heavy atom. The number of nitrogens with two attached hydrogens (primary N) is 1. The van der Waals surface area contributed by atoms with Crippen LogP contribution in [0, 0.1) is 5.41 Å². The van der Waals surface area contributed by atoms with Gasteiger partial charge in [0, 0.05) is 5.41 Å². The van der Waals surface area contributed by atoms with Crippen LogP contribution in [0.25, 0.3) is 0 Å². The quantitative estimate of drug-likeness (QED) is 0.854. The molecule has 1 aliphatic rings. The first-order chi connectivity index (χ1) is 9.20. The molecule has 4 nitrogen and oxygen atoms in total. The van der Waals surface area contributed by atoms with Gasteiger partial charge in [-0.3, -0.25) is 0 Å². The van der Waals surface area contributed by atoms with Gasteiger partial charge in [-0.25, -0.2) is 4.79 Å². The predicted molar refractivity (Wildman–Crippen MR) is 74.8 cm³/mol. The van der Waals surface area contributed by atoms with Crippen LogP contribution in [0.1, 0.15) is 24.8 Å². The summed E-state index contributed by atoms with van der Waals surface area (Å²) in [5, 5.41) is 3.35. The second-order valence-corrected chi connectivity index (χ2v) is 5.34. The van der Waals surface area contributed by atoms with Crippen LogP contribution in [-0.2, 0) is 11.2 Å². The van der Waals surface area contributed by atoms with Crippen molar-refractivity contribution in [2.24, 2.45) is 11.1 Å². The van der Waals surface area contributed by atoms with E-state index in [-0.39, 0.29) is 5.41 Å². The number of hydrogen-bond acceptors (Lipinski definition) is 3. The van der Waals surface area contributed by atoms with Gasteiger partial charge in [-0.05, 0) is 44.3 Å². The molecule has 2 rings (SSSR count). The number of primary amides is 1.